The number of benzene rings is 1. The lowest BCUT2D eigenvalue weighted by Gasteiger charge is -1.94. The molecule has 0 aliphatic carbocycles. The molecule has 11 heavy (non-hydrogen) atoms. The molecule has 0 saturated heterocycles. The third-order valence-electron chi connectivity index (χ3n) is 1.47. The average Bonchev–Trinajstić information content (AvgIpc) is 2.04. The molecule has 54 valence electrons. The number of hydrogen-bond donors (Lipinski definition) is 0. The van der Waals surface area contributed by atoms with E-state index >= 15 is 0 Å². The second-order valence-electron chi connectivity index (χ2n) is 2.23. The smallest absolute Gasteiger partial charge is 0.116 e. The van der Waals surface area contributed by atoms with Crippen LogP contribution < -0.4 is 0 Å². The van der Waals surface area contributed by atoms with Crippen LogP contribution >= 0.6 is 11.6 Å². The Kier molecular flexibility index (Phi) is 1.47. The van der Waals surface area contributed by atoms with Crippen LogP contribution in [0.4, 0.5) is 0 Å². The maximum atomic E-state index is 5.76. The van der Waals surface area contributed by atoms with Crippen LogP contribution in [0.5, 0.6) is 0 Å². The first kappa shape index (κ1) is 6.55. The molecule has 1 aromatic heterocycles. The van der Waals surface area contributed by atoms with E-state index in [0.29, 0.717) is 5.02 Å². The first-order valence-electron chi connectivity index (χ1n) is 3.21. The van der Waals surface area contributed by atoms with Crippen LogP contribution in [0.3, 0.4) is 0 Å². The standard InChI is InChI=1S/C8H5ClN2/c9-7-2-1-6-4-10-5-11-8(6)3-7/h1-5H. The van der Waals surface area contributed by atoms with Crippen molar-refractivity contribution in [2.24, 2.45) is 0 Å². The molecule has 1 heterocycles. The molecule has 1 aromatic carbocycles. The predicted octanol–water partition coefficient (Wildman–Crippen LogP) is 2.28. The van der Waals surface area contributed by atoms with Gasteiger partial charge in [-0.25, -0.2) is 9.97 Å². The lowest BCUT2D eigenvalue weighted by Crippen LogP contribution is -1.79. The number of aromatic nitrogens is 2. The van der Waals surface area contributed by atoms with E-state index in [2.05, 4.69) is 9.97 Å². The van der Waals surface area contributed by atoms with E-state index in [9.17, 15) is 0 Å². The van der Waals surface area contributed by atoms with Crippen LogP contribution in [-0.2, 0) is 0 Å². The lowest BCUT2D eigenvalue weighted by molar-refractivity contribution is 1.22. The predicted molar refractivity (Wildman–Crippen MR) is 44.5 cm³/mol. The highest BCUT2D eigenvalue weighted by molar-refractivity contribution is 6.31. The molecule has 0 aliphatic heterocycles. The number of nitrogens with zero attached hydrogens (tertiary/aromatic N) is 2. The molecule has 0 fully saturated rings. The fourth-order valence-corrected chi connectivity index (χ4v) is 1.11. The normalized spacial score (nSPS) is 10.3. The summed E-state index contributed by atoms with van der Waals surface area (Å²) >= 11 is 5.76. The molecular weight excluding hydrogens is 160 g/mol. The highest BCUT2D eigenvalue weighted by Crippen LogP contribution is 2.15. The van der Waals surface area contributed by atoms with Gasteiger partial charge in [0.15, 0.2) is 0 Å². The summed E-state index contributed by atoms with van der Waals surface area (Å²) in [5, 5.41) is 1.72. The Bertz CT molecular complexity index is 387. The molecule has 0 aliphatic rings. The fourth-order valence-electron chi connectivity index (χ4n) is 0.947. The van der Waals surface area contributed by atoms with Gasteiger partial charge in [-0.15, -0.1) is 0 Å². The zero-order chi connectivity index (χ0) is 7.68. The summed E-state index contributed by atoms with van der Waals surface area (Å²) in [6.07, 6.45) is 3.28. The van der Waals surface area contributed by atoms with E-state index in [1.807, 2.05) is 18.2 Å². The molecule has 0 N–H and O–H groups in total. The van der Waals surface area contributed by atoms with E-state index in [1.54, 1.807) is 6.20 Å². The minimum absolute atomic E-state index is 0.705. The highest BCUT2D eigenvalue weighted by Gasteiger charge is 1.93. The third-order valence-corrected chi connectivity index (χ3v) is 1.70. The molecule has 0 radical (unpaired) electrons. The van der Waals surface area contributed by atoms with Crippen molar-refractivity contribution in [3.8, 4) is 0 Å². The summed E-state index contributed by atoms with van der Waals surface area (Å²) in [4.78, 5) is 7.93. The van der Waals surface area contributed by atoms with Crippen molar-refractivity contribution >= 4 is 22.5 Å². The van der Waals surface area contributed by atoms with Gasteiger partial charge < -0.3 is 0 Å². The largest absolute Gasteiger partial charge is 0.244 e. The van der Waals surface area contributed by atoms with Crippen molar-refractivity contribution in [2.75, 3.05) is 0 Å². The van der Waals surface area contributed by atoms with Gasteiger partial charge in [-0.05, 0) is 18.2 Å². The molecule has 2 aromatic rings. The maximum absolute atomic E-state index is 5.76. The van der Waals surface area contributed by atoms with Crippen molar-refractivity contribution in [1.29, 1.82) is 0 Å². The molecule has 0 unspecified atom stereocenters. The van der Waals surface area contributed by atoms with E-state index in [1.165, 1.54) is 6.33 Å². The van der Waals surface area contributed by atoms with Crippen LogP contribution in [-0.4, -0.2) is 9.97 Å². The van der Waals surface area contributed by atoms with Crippen LogP contribution in [0.25, 0.3) is 10.9 Å². The van der Waals surface area contributed by atoms with Gasteiger partial charge in [-0.2, -0.15) is 0 Å². The molecular formula is C8H5ClN2. The van der Waals surface area contributed by atoms with Crippen LogP contribution in [0.15, 0.2) is 30.7 Å². The van der Waals surface area contributed by atoms with E-state index in [4.69, 9.17) is 11.6 Å². The van der Waals surface area contributed by atoms with Gasteiger partial charge in [0.05, 0.1) is 5.52 Å². The molecule has 0 spiro atoms. The lowest BCUT2D eigenvalue weighted by atomic mass is 10.2. The quantitative estimate of drug-likeness (QED) is 0.597. The van der Waals surface area contributed by atoms with Gasteiger partial charge in [0.1, 0.15) is 6.33 Å². The second-order valence-corrected chi connectivity index (χ2v) is 2.66. The van der Waals surface area contributed by atoms with Crippen molar-refractivity contribution in [3.05, 3.63) is 35.7 Å². The van der Waals surface area contributed by atoms with Gasteiger partial charge >= 0.3 is 0 Å². The van der Waals surface area contributed by atoms with Crippen LogP contribution in [0, 0.1) is 0 Å². The van der Waals surface area contributed by atoms with Gasteiger partial charge in [0.25, 0.3) is 0 Å². The molecule has 2 nitrogen and oxygen atoms in total. The Labute approximate surface area is 68.9 Å². The average molecular weight is 165 g/mol. The zero-order valence-corrected chi connectivity index (χ0v) is 6.42. The van der Waals surface area contributed by atoms with Crippen molar-refractivity contribution in [2.45, 2.75) is 0 Å². The van der Waals surface area contributed by atoms with Crippen molar-refractivity contribution < 1.29 is 0 Å². The van der Waals surface area contributed by atoms with Crippen molar-refractivity contribution in [1.82, 2.24) is 9.97 Å². The monoisotopic (exact) mass is 164 g/mol. The number of halogens is 1. The van der Waals surface area contributed by atoms with E-state index in [-0.39, 0.29) is 0 Å². The number of rotatable bonds is 0. The third kappa shape index (κ3) is 1.17. The Morgan fingerprint density at radius 3 is 3.09 bits per heavy atom. The molecule has 0 amide bonds. The summed E-state index contributed by atoms with van der Waals surface area (Å²) in [6.45, 7) is 0. The summed E-state index contributed by atoms with van der Waals surface area (Å²) in [7, 11) is 0. The molecule has 3 heteroatoms. The van der Waals surface area contributed by atoms with E-state index < -0.39 is 0 Å². The topological polar surface area (TPSA) is 25.8 Å². The van der Waals surface area contributed by atoms with Gasteiger partial charge in [0.2, 0.25) is 0 Å². The fraction of sp³-hybridized carbons (Fsp3) is 0. The first-order valence-corrected chi connectivity index (χ1v) is 3.59. The van der Waals surface area contributed by atoms with Crippen LogP contribution in [0.1, 0.15) is 0 Å². The van der Waals surface area contributed by atoms with Gasteiger partial charge in [-0.3, -0.25) is 0 Å². The number of fused-ring (bicyclic) bond motifs is 1. The molecule has 2 rings (SSSR count). The van der Waals surface area contributed by atoms with Gasteiger partial charge in [-0.1, -0.05) is 11.6 Å². The van der Waals surface area contributed by atoms with Gasteiger partial charge in [0, 0.05) is 16.6 Å². The van der Waals surface area contributed by atoms with Crippen molar-refractivity contribution in [3.63, 3.8) is 0 Å². The highest BCUT2D eigenvalue weighted by atomic mass is 35.5. The number of hydrogen-bond acceptors (Lipinski definition) is 2. The minimum atomic E-state index is 0.705. The summed E-state index contributed by atoms with van der Waals surface area (Å²) in [6, 6.07) is 5.55. The summed E-state index contributed by atoms with van der Waals surface area (Å²) in [5.41, 5.74) is 0.882. The van der Waals surface area contributed by atoms with Crippen LogP contribution in [0.2, 0.25) is 5.02 Å². The Morgan fingerprint density at radius 1 is 1.27 bits per heavy atom. The molecule has 0 saturated carbocycles. The summed E-state index contributed by atoms with van der Waals surface area (Å²) in [5.74, 6) is 0. The zero-order valence-electron chi connectivity index (χ0n) is 5.66. The maximum Gasteiger partial charge on any atom is 0.116 e. The Hall–Kier alpha value is -1.15. The van der Waals surface area contributed by atoms with E-state index in [0.717, 1.165) is 10.9 Å². The first-order chi connectivity index (χ1) is 5.36. The molecule has 0 bridgehead atoms. The molecule has 0 atom stereocenters. The SMILES string of the molecule is Clc1ccc2cncnc2c1. The Balaban J connectivity index is 2.83. The minimum Gasteiger partial charge on any atom is -0.244 e. The Morgan fingerprint density at radius 2 is 2.18 bits per heavy atom. The summed E-state index contributed by atoms with van der Waals surface area (Å²) < 4.78 is 0. The second kappa shape index (κ2) is 2.47.